The fraction of sp³-hybridized carbons (Fsp3) is 0.500. The van der Waals surface area contributed by atoms with Gasteiger partial charge in [-0.15, -0.1) is 0 Å². The van der Waals surface area contributed by atoms with E-state index in [1.54, 1.807) is 0 Å². The molecule has 2 N–H and O–H groups in total. The minimum Gasteiger partial charge on any atom is -0.490 e. The molecule has 1 fully saturated rings. The van der Waals surface area contributed by atoms with Gasteiger partial charge >= 0.3 is 6.18 Å². The summed E-state index contributed by atoms with van der Waals surface area (Å²) in [6.07, 6.45) is -3.03. The van der Waals surface area contributed by atoms with Crippen molar-refractivity contribution in [3.05, 3.63) is 42.0 Å². The van der Waals surface area contributed by atoms with Crippen LogP contribution in [-0.2, 0) is 5.54 Å². The summed E-state index contributed by atoms with van der Waals surface area (Å²) in [6.45, 7) is 3.92. The molecule has 25 heavy (non-hydrogen) atoms. The molecule has 0 radical (unpaired) electrons. The van der Waals surface area contributed by atoms with Gasteiger partial charge in [-0.05, 0) is 74.1 Å². The van der Waals surface area contributed by atoms with E-state index >= 15 is 0 Å². The van der Waals surface area contributed by atoms with Crippen LogP contribution >= 0.6 is 0 Å². The highest BCUT2D eigenvalue weighted by molar-refractivity contribution is 5.84. The van der Waals surface area contributed by atoms with E-state index in [1.807, 2.05) is 44.2 Å². The van der Waals surface area contributed by atoms with Gasteiger partial charge < -0.3 is 10.5 Å². The molecule has 0 saturated heterocycles. The normalized spacial score (nSPS) is 22.2. The molecule has 0 amide bonds. The number of benzene rings is 2. The van der Waals surface area contributed by atoms with Crippen LogP contribution in [0.25, 0.3) is 10.8 Å². The lowest BCUT2D eigenvalue weighted by Crippen LogP contribution is -2.31. The lowest BCUT2D eigenvalue weighted by atomic mass is 9.87. The van der Waals surface area contributed by atoms with Gasteiger partial charge in [0.1, 0.15) is 5.75 Å². The summed E-state index contributed by atoms with van der Waals surface area (Å²) in [7, 11) is 0. The van der Waals surface area contributed by atoms with Crippen molar-refractivity contribution in [3.8, 4) is 5.75 Å². The third-order valence-corrected chi connectivity index (χ3v) is 5.00. The molecule has 2 nitrogen and oxygen atoms in total. The van der Waals surface area contributed by atoms with Gasteiger partial charge in [0.15, 0.2) is 0 Å². The molecule has 1 saturated carbocycles. The number of nitrogens with two attached hydrogens (primary N) is 1. The summed E-state index contributed by atoms with van der Waals surface area (Å²) < 4.78 is 44.1. The maximum absolute atomic E-state index is 12.7. The molecule has 1 aliphatic carbocycles. The van der Waals surface area contributed by atoms with E-state index in [1.165, 1.54) is 0 Å². The molecule has 136 valence electrons. The fourth-order valence-electron chi connectivity index (χ4n) is 3.40. The maximum Gasteiger partial charge on any atom is 0.391 e. The molecule has 2 aromatic carbocycles. The minimum absolute atomic E-state index is 0.140. The Morgan fingerprint density at radius 1 is 0.920 bits per heavy atom. The van der Waals surface area contributed by atoms with Crippen molar-refractivity contribution in [2.75, 3.05) is 0 Å². The van der Waals surface area contributed by atoms with Gasteiger partial charge in [-0.25, -0.2) is 0 Å². The van der Waals surface area contributed by atoms with Crippen molar-refractivity contribution >= 4 is 10.8 Å². The predicted octanol–water partition coefficient (Wildman–Crippen LogP) is 5.53. The van der Waals surface area contributed by atoms with Gasteiger partial charge in [0, 0.05) is 5.54 Å². The molecule has 0 unspecified atom stereocenters. The number of alkyl halides is 3. The number of fused-ring (bicyclic) bond motifs is 1. The lowest BCUT2D eigenvalue weighted by Gasteiger charge is -2.30. The molecule has 0 aromatic heterocycles. The first-order valence-electron chi connectivity index (χ1n) is 8.69. The Labute approximate surface area is 146 Å². The SMILES string of the molecule is CC(C)(N)c1ccc2cc(OC3CCC(C(F)(F)F)CC3)ccc2c1. The molecule has 0 heterocycles. The van der Waals surface area contributed by atoms with Gasteiger partial charge in [0.2, 0.25) is 0 Å². The van der Waals surface area contributed by atoms with E-state index in [4.69, 9.17) is 10.5 Å². The lowest BCUT2D eigenvalue weighted by molar-refractivity contribution is -0.185. The zero-order chi connectivity index (χ0) is 18.2. The van der Waals surface area contributed by atoms with Crippen LogP contribution in [0.1, 0.15) is 45.1 Å². The quantitative estimate of drug-likeness (QED) is 0.789. The first-order valence-corrected chi connectivity index (χ1v) is 8.69. The molecule has 3 rings (SSSR count). The fourth-order valence-corrected chi connectivity index (χ4v) is 3.40. The second-order valence-corrected chi connectivity index (χ2v) is 7.58. The van der Waals surface area contributed by atoms with Crippen LogP contribution in [0.4, 0.5) is 13.2 Å². The Morgan fingerprint density at radius 2 is 1.52 bits per heavy atom. The van der Waals surface area contributed by atoms with Gasteiger partial charge in [0.05, 0.1) is 12.0 Å². The van der Waals surface area contributed by atoms with Crippen LogP contribution in [0, 0.1) is 5.92 Å². The first-order chi connectivity index (χ1) is 11.6. The Hall–Kier alpha value is -1.75. The standard InChI is InChI=1S/C20H24F3NO/c1-19(2,24)16-5-3-14-12-18(8-4-13(14)11-16)25-17-9-6-15(7-10-17)20(21,22)23/h3-5,8,11-12,15,17H,6-7,9-10,24H2,1-2H3. The van der Waals surface area contributed by atoms with E-state index in [-0.39, 0.29) is 18.9 Å². The van der Waals surface area contributed by atoms with Gasteiger partial charge in [-0.3, -0.25) is 0 Å². The average molecular weight is 351 g/mol. The van der Waals surface area contributed by atoms with Crippen LogP contribution in [0.15, 0.2) is 36.4 Å². The smallest absolute Gasteiger partial charge is 0.391 e. The second-order valence-electron chi connectivity index (χ2n) is 7.58. The molecule has 5 heteroatoms. The molecule has 0 bridgehead atoms. The third-order valence-electron chi connectivity index (χ3n) is 5.00. The van der Waals surface area contributed by atoms with Gasteiger partial charge in [-0.1, -0.05) is 18.2 Å². The Morgan fingerprint density at radius 3 is 2.12 bits per heavy atom. The Balaban J connectivity index is 1.69. The molecular formula is C20H24F3NO. The van der Waals surface area contributed by atoms with Crippen molar-refractivity contribution in [3.63, 3.8) is 0 Å². The van der Waals surface area contributed by atoms with E-state index in [0.29, 0.717) is 18.6 Å². The number of hydrogen-bond acceptors (Lipinski definition) is 2. The number of ether oxygens (including phenoxy) is 1. The van der Waals surface area contributed by atoms with E-state index in [2.05, 4.69) is 6.07 Å². The maximum atomic E-state index is 12.7. The largest absolute Gasteiger partial charge is 0.490 e. The second kappa shape index (κ2) is 6.52. The Bertz CT molecular complexity index is 741. The number of halogens is 3. The topological polar surface area (TPSA) is 35.2 Å². The predicted molar refractivity (Wildman–Crippen MR) is 93.6 cm³/mol. The summed E-state index contributed by atoms with van der Waals surface area (Å²) in [4.78, 5) is 0. The summed E-state index contributed by atoms with van der Waals surface area (Å²) in [5, 5.41) is 2.11. The zero-order valence-corrected chi connectivity index (χ0v) is 14.6. The van der Waals surface area contributed by atoms with Crippen LogP contribution < -0.4 is 10.5 Å². The number of rotatable bonds is 3. The molecule has 1 aliphatic rings. The summed E-state index contributed by atoms with van der Waals surface area (Å²) in [6, 6.07) is 11.9. The number of hydrogen-bond donors (Lipinski definition) is 1. The monoisotopic (exact) mass is 351 g/mol. The van der Waals surface area contributed by atoms with Gasteiger partial charge in [0.25, 0.3) is 0 Å². The molecule has 0 aliphatic heterocycles. The summed E-state index contributed by atoms with van der Waals surface area (Å²) in [5.74, 6) is -0.468. The first kappa shape index (κ1) is 18.1. The van der Waals surface area contributed by atoms with Crippen LogP contribution in [0.3, 0.4) is 0 Å². The van der Waals surface area contributed by atoms with Crippen molar-refractivity contribution in [2.24, 2.45) is 11.7 Å². The van der Waals surface area contributed by atoms with E-state index in [0.717, 1.165) is 16.3 Å². The third kappa shape index (κ3) is 4.27. The molecule has 0 spiro atoms. The molecule has 2 aromatic rings. The summed E-state index contributed by atoms with van der Waals surface area (Å²) >= 11 is 0. The average Bonchev–Trinajstić information content (AvgIpc) is 2.53. The van der Waals surface area contributed by atoms with E-state index < -0.39 is 17.6 Å². The van der Waals surface area contributed by atoms with Crippen LogP contribution in [0.2, 0.25) is 0 Å². The Kier molecular flexibility index (Phi) is 4.71. The van der Waals surface area contributed by atoms with Crippen LogP contribution in [0.5, 0.6) is 5.75 Å². The molecule has 0 atom stereocenters. The summed E-state index contributed by atoms with van der Waals surface area (Å²) in [5.41, 5.74) is 6.79. The van der Waals surface area contributed by atoms with Crippen molar-refractivity contribution in [1.29, 1.82) is 0 Å². The van der Waals surface area contributed by atoms with Crippen molar-refractivity contribution in [2.45, 2.75) is 57.3 Å². The highest BCUT2D eigenvalue weighted by atomic mass is 19.4. The van der Waals surface area contributed by atoms with Crippen LogP contribution in [-0.4, -0.2) is 12.3 Å². The van der Waals surface area contributed by atoms with Crippen molar-refractivity contribution in [1.82, 2.24) is 0 Å². The minimum atomic E-state index is -4.08. The highest BCUT2D eigenvalue weighted by Crippen LogP contribution is 2.38. The zero-order valence-electron chi connectivity index (χ0n) is 14.6. The van der Waals surface area contributed by atoms with Gasteiger partial charge in [-0.2, -0.15) is 13.2 Å². The molecular weight excluding hydrogens is 327 g/mol. The highest BCUT2D eigenvalue weighted by Gasteiger charge is 2.41. The van der Waals surface area contributed by atoms with E-state index in [9.17, 15) is 13.2 Å². The van der Waals surface area contributed by atoms with Crippen molar-refractivity contribution < 1.29 is 17.9 Å².